The van der Waals surface area contributed by atoms with E-state index in [4.69, 9.17) is 0 Å². The first kappa shape index (κ1) is 9.71. The number of para-hydroxylation sites is 2. The molecule has 78 valence electrons. The number of carboxylic acid groups (broad SMARTS) is 1. The summed E-state index contributed by atoms with van der Waals surface area (Å²) in [6, 6.07) is 7.78. The third-order valence-corrected chi connectivity index (χ3v) is 2.31. The second-order valence-corrected chi connectivity index (χ2v) is 3.40. The zero-order chi connectivity index (χ0) is 10.7. The highest BCUT2D eigenvalue weighted by Crippen LogP contribution is 2.12. The maximum Gasteiger partial charge on any atom is 0.0958 e. The van der Waals surface area contributed by atoms with Crippen LogP contribution in [0, 0.1) is 0 Å². The summed E-state index contributed by atoms with van der Waals surface area (Å²) in [5.41, 5.74) is 1.97. The summed E-state index contributed by atoms with van der Waals surface area (Å²) in [7, 11) is 0. The predicted octanol–water partition coefficient (Wildman–Crippen LogP) is 0.566. The quantitative estimate of drug-likeness (QED) is 0.729. The summed E-state index contributed by atoms with van der Waals surface area (Å²) in [5, 5.41) is 10.3. The lowest BCUT2D eigenvalue weighted by Crippen LogP contribution is -2.22. The molecule has 0 bridgehead atoms. The average Bonchev–Trinajstić information content (AvgIpc) is 2.62. The van der Waals surface area contributed by atoms with Crippen LogP contribution in [-0.4, -0.2) is 15.5 Å². The Hall–Kier alpha value is -1.84. The third kappa shape index (κ3) is 2.15. The van der Waals surface area contributed by atoms with Crippen molar-refractivity contribution in [3.63, 3.8) is 0 Å². The Morgan fingerprint density at radius 3 is 3.00 bits per heavy atom. The number of imidazole rings is 1. The molecule has 0 N–H and O–H groups in total. The van der Waals surface area contributed by atoms with Crippen molar-refractivity contribution < 1.29 is 9.90 Å². The van der Waals surface area contributed by atoms with Crippen molar-refractivity contribution in [1.82, 2.24) is 9.55 Å². The van der Waals surface area contributed by atoms with Gasteiger partial charge in [-0.05, 0) is 25.0 Å². The number of aryl methyl sites for hydroxylation is 1. The Morgan fingerprint density at radius 1 is 1.40 bits per heavy atom. The molecular weight excluding hydrogens is 192 g/mol. The molecule has 0 amide bonds. The molecule has 0 radical (unpaired) electrons. The Bertz CT molecular complexity index is 476. The van der Waals surface area contributed by atoms with Crippen LogP contribution in [0.2, 0.25) is 0 Å². The zero-order valence-corrected chi connectivity index (χ0v) is 8.22. The number of carbonyl (C=O) groups excluding carboxylic acids is 1. The molecule has 0 unspecified atom stereocenters. The Labute approximate surface area is 87.2 Å². The highest BCUT2D eigenvalue weighted by atomic mass is 16.4. The molecular formula is C11H11N2O2-. The maximum absolute atomic E-state index is 10.3. The number of aliphatic carboxylic acids is 1. The van der Waals surface area contributed by atoms with Gasteiger partial charge in [0.2, 0.25) is 0 Å². The standard InChI is InChI=1S/C11H12N2O2/c14-11(15)6-3-7-13-8-12-9-4-1-2-5-10(9)13/h1-2,4-5,8H,3,6-7H2,(H,14,15)/p-1. The molecule has 4 nitrogen and oxygen atoms in total. The zero-order valence-electron chi connectivity index (χ0n) is 8.22. The van der Waals surface area contributed by atoms with Crippen LogP contribution in [0.25, 0.3) is 11.0 Å². The lowest BCUT2D eigenvalue weighted by molar-refractivity contribution is -0.305. The van der Waals surface area contributed by atoms with Gasteiger partial charge in [0.1, 0.15) is 0 Å². The number of nitrogens with zero attached hydrogens (tertiary/aromatic N) is 2. The van der Waals surface area contributed by atoms with Crippen molar-refractivity contribution in [2.75, 3.05) is 0 Å². The number of carboxylic acids is 1. The van der Waals surface area contributed by atoms with Crippen LogP contribution in [0.3, 0.4) is 0 Å². The average molecular weight is 203 g/mol. The minimum Gasteiger partial charge on any atom is -0.550 e. The molecule has 4 heteroatoms. The Balaban J connectivity index is 2.11. The molecule has 1 aromatic carbocycles. The molecule has 1 heterocycles. The van der Waals surface area contributed by atoms with Crippen molar-refractivity contribution in [3.8, 4) is 0 Å². The van der Waals surface area contributed by atoms with E-state index < -0.39 is 5.97 Å². The van der Waals surface area contributed by atoms with E-state index in [1.165, 1.54) is 0 Å². The van der Waals surface area contributed by atoms with Gasteiger partial charge in [-0.1, -0.05) is 12.1 Å². The van der Waals surface area contributed by atoms with Crippen molar-refractivity contribution in [3.05, 3.63) is 30.6 Å². The molecule has 0 atom stereocenters. The molecule has 0 spiro atoms. The van der Waals surface area contributed by atoms with Crippen LogP contribution < -0.4 is 5.11 Å². The summed E-state index contributed by atoms with van der Waals surface area (Å²) < 4.78 is 1.96. The lowest BCUT2D eigenvalue weighted by atomic mass is 10.3. The molecule has 2 aromatic rings. The van der Waals surface area contributed by atoms with Crippen molar-refractivity contribution >= 4 is 17.0 Å². The number of aromatic nitrogens is 2. The Morgan fingerprint density at radius 2 is 2.20 bits per heavy atom. The monoisotopic (exact) mass is 203 g/mol. The maximum atomic E-state index is 10.3. The number of rotatable bonds is 4. The van der Waals surface area contributed by atoms with Crippen molar-refractivity contribution in [2.45, 2.75) is 19.4 Å². The van der Waals surface area contributed by atoms with E-state index in [-0.39, 0.29) is 6.42 Å². The summed E-state index contributed by atoms with van der Waals surface area (Å²) in [6.07, 6.45) is 2.40. The number of hydrogen-bond acceptors (Lipinski definition) is 3. The smallest absolute Gasteiger partial charge is 0.0958 e. The van der Waals surface area contributed by atoms with Gasteiger partial charge in [0.05, 0.1) is 17.4 Å². The fourth-order valence-corrected chi connectivity index (χ4v) is 1.58. The summed E-state index contributed by atoms with van der Waals surface area (Å²) >= 11 is 0. The normalized spacial score (nSPS) is 10.7. The van der Waals surface area contributed by atoms with Crippen molar-refractivity contribution in [2.24, 2.45) is 0 Å². The first-order valence-corrected chi connectivity index (χ1v) is 4.87. The van der Waals surface area contributed by atoms with E-state index in [1.807, 2.05) is 28.8 Å². The molecule has 2 rings (SSSR count). The second-order valence-electron chi connectivity index (χ2n) is 3.40. The molecule has 0 aliphatic carbocycles. The van der Waals surface area contributed by atoms with E-state index in [0.29, 0.717) is 13.0 Å². The highest BCUT2D eigenvalue weighted by Gasteiger charge is 2.00. The molecule has 15 heavy (non-hydrogen) atoms. The van der Waals surface area contributed by atoms with Gasteiger partial charge in [-0.2, -0.15) is 0 Å². The highest BCUT2D eigenvalue weighted by molar-refractivity contribution is 5.74. The van der Waals surface area contributed by atoms with Gasteiger partial charge in [-0.15, -0.1) is 0 Å². The first-order chi connectivity index (χ1) is 7.27. The summed E-state index contributed by atoms with van der Waals surface area (Å²) in [5.74, 6) is -1.00. The fourth-order valence-electron chi connectivity index (χ4n) is 1.58. The topological polar surface area (TPSA) is 57.9 Å². The van der Waals surface area contributed by atoms with Gasteiger partial charge in [0.25, 0.3) is 0 Å². The summed E-state index contributed by atoms with van der Waals surface area (Å²) in [4.78, 5) is 14.5. The van der Waals surface area contributed by atoms with Crippen LogP contribution in [0.4, 0.5) is 0 Å². The largest absolute Gasteiger partial charge is 0.550 e. The second kappa shape index (κ2) is 4.13. The van der Waals surface area contributed by atoms with Gasteiger partial charge in [0.15, 0.2) is 0 Å². The SMILES string of the molecule is O=C([O-])CCCn1cnc2ccccc21. The molecule has 0 aliphatic rings. The van der Waals surface area contributed by atoms with Gasteiger partial charge in [-0.25, -0.2) is 4.98 Å². The number of carbonyl (C=O) groups is 1. The number of benzene rings is 1. The first-order valence-electron chi connectivity index (χ1n) is 4.87. The predicted molar refractivity (Wildman–Crippen MR) is 54.0 cm³/mol. The summed E-state index contributed by atoms with van der Waals surface area (Å²) in [6.45, 7) is 0.661. The van der Waals surface area contributed by atoms with Crippen LogP contribution in [0.15, 0.2) is 30.6 Å². The molecule has 1 aromatic heterocycles. The van der Waals surface area contributed by atoms with E-state index in [0.717, 1.165) is 11.0 Å². The fraction of sp³-hybridized carbons (Fsp3) is 0.273. The van der Waals surface area contributed by atoms with Gasteiger partial charge < -0.3 is 14.5 Å². The van der Waals surface area contributed by atoms with Crippen LogP contribution >= 0.6 is 0 Å². The van der Waals surface area contributed by atoms with Gasteiger partial charge in [0, 0.05) is 12.5 Å². The van der Waals surface area contributed by atoms with Crippen molar-refractivity contribution in [1.29, 1.82) is 0 Å². The van der Waals surface area contributed by atoms with Gasteiger partial charge in [-0.3, -0.25) is 0 Å². The van der Waals surface area contributed by atoms with E-state index in [2.05, 4.69) is 4.98 Å². The van der Waals surface area contributed by atoms with Crippen LogP contribution in [0.1, 0.15) is 12.8 Å². The minimum absolute atomic E-state index is 0.0898. The molecule has 0 fully saturated rings. The number of hydrogen-bond donors (Lipinski definition) is 0. The molecule has 0 saturated carbocycles. The van der Waals surface area contributed by atoms with E-state index in [9.17, 15) is 9.90 Å². The third-order valence-electron chi connectivity index (χ3n) is 2.31. The number of fused-ring (bicyclic) bond motifs is 1. The van der Waals surface area contributed by atoms with E-state index in [1.54, 1.807) is 6.33 Å². The lowest BCUT2D eigenvalue weighted by Gasteiger charge is -2.04. The van der Waals surface area contributed by atoms with Crippen LogP contribution in [0.5, 0.6) is 0 Å². The minimum atomic E-state index is -1.00. The molecule has 0 aliphatic heterocycles. The molecule has 0 saturated heterocycles. The van der Waals surface area contributed by atoms with E-state index >= 15 is 0 Å². The van der Waals surface area contributed by atoms with Crippen LogP contribution in [-0.2, 0) is 11.3 Å². The van der Waals surface area contributed by atoms with Gasteiger partial charge >= 0.3 is 0 Å². The Kier molecular flexibility index (Phi) is 2.67.